The predicted molar refractivity (Wildman–Crippen MR) is 125 cm³/mol. The van der Waals surface area contributed by atoms with Crippen LogP contribution in [0.5, 0.6) is 11.5 Å². The van der Waals surface area contributed by atoms with Crippen LogP contribution in [0.15, 0.2) is 91.0 Å². The molecule has 0 aromatic heterocycles. The van der Waals surface area contributed by atoms with Gasteiger partial charge in [-0.1, -0.05) is 73.7 Å². The Morgan fingerprint density at radius 3 is 1.69 bits per heavy atom. The van der Waals surface area contributed by atoms with Crippen molar-refractivity contribution in [1.29, 1.82) is 0 Å². The van der Waals surface area contributed by atoms with Crippen LogP contribution in [0.3, 0.4) is 0 Å². The molecule has 0 spiro atoms. The monoisotopic (exact) mass is 446 g/mol. The quantitative estimate of drug-likeness (QED) is 0.346. The van der Waals surface area contributed by atoms with Crippen LogP contribution in [0.25, 0.3) is 0 Å². The summed E-state index contributed by atoms with van der Waals surface area (Å²) < 4.78 is 9.70. The van der Waals surface area contributed by atoms with Crippen LogP contribution in [0, 0.1) is 0 Å². The Hall–Kier alpha value is -2.93. The third kappa shape index (κ3) is 13.4. The SMILES string of the molecule is CC(=O)Oc1ccccc1C(=O)O.CCCC(=O)Oc1ccccc1.[NaH].c1ccccc1. The van der Waals surface area contributed by atoms with Crippen molar-refractivity contribution in [2.45, 2.75) is 26.7 Å². The summed E-state index contributed by atoms with van der Waals surface area (Å²) in [4.78, 5) is 32.2. The zero-order valence-corrected chi connectivity index (χ0v) is 17.6. The summed E-state index contributed by atoms with van der Waals surface area (Å²) in [5, 5.41) is 8.69. The summed E-state index contributed by atoms with van der Waals surface area (Å²) in [6, 6.07) is 27.1. The maximum atomic E-state index is 11.0. The Balaban J connectivity index is 0.000000470. The molecule has 7 heteroatoms. The van der Waals surface area contributed by atoms with Crippen LogP contribution in [-0.2, 0) is 9.59 Å². The second kappa shape index (κ2) is 17.7. The van der Waals surface area contributed by atoms with Gasteiger partial charge in [0.25, 0.3) is 0 Å². The fraction of sp³-hybridized carbons (Fsp3) is 0.160. The van der Waals surface area contributed by atoms with Gasteiger partial charge in [0, 0.05) is 13.3 Å². The first kappa shape index (κ1) is 29.1. The first-order valence-corrected chi connectivity index (χ1v) is 9.70. The number of benzene rings is 3. The fourth-order valence-corrected chi connectivity index (χ4v) is 2.15. The van der Waals surface area contributed by atoms with Gasteiger partial charge < -0.3 is 14.6 Å². The number of para-hydroxylation sites is 2. The molecule has 0 unspecified atom stereocenters. The molecule has 32 heavy (non-hydrogen) atoms. The van der Waals surface area contributed by atoms with E-state index in [1.54, 1.807) is 24.3 Å². The summed E-state index contributed by atoms with van der Waals surface area (Å²) in [7, 11) is 0. The molecule has 3 aromatic rings. The second-order valence-corrected chi connectivity index (χ2v) is 6.09. The molecule has 1 N–H and O–H groups in total. The third-order valence-electron chi connectivity index (χ3n) is 3.47. The Labute approximate surface area is 210 Å². The van der Waals surface area contributed by atoms with Crippen molar-refractivity contribution >= 4 is 47.5 Å². The zero-order valence-electron chi connectivity index (χ0n) is 17.6. The number of esters is 2. The summed E-state index contributed by atoms with van der Waals surface area (Å²) >= 11 is 0. The van der Waals surface area contributed by atoms with E-state index in [1.165, 1.54) is 19.1 Å². The van der Waals surface area contributed by atoms with Gasteiger partial charge in [0.15, 0.2) is 0 Å². The maximum Gasteiger partial charge on any atom is -0.0623 e. The van der Waals surface area contributed by atoms with Gasteiger partial charge in [-0.3, -0.25) is 9.59 Å². The van der Waals surface area contributed by atoms with Crippen LogP contribution in [-0.4, -0.2) is 52.6 Å². The van der Waals surface area contributed by atoms with Crippen LogP contribution in [0.2, 0.25) is 0 Å². The molecule has 0 radical (unpaired) electrons. The minimum absolute atomic E-state index is 0. The molecule has 0 heterocycles. The number of hydrogen-bond acceptors (Lipinski definition) is 5. The largest absolute Gasteiger partial charge is 0.0623 e. The number of carboxylic acid groups (broad SMARTS) is 1. The van der Waals surface area contributed by atoms with E-state index in [-0.39, 0.29) is 46.8 Å². The summed E-state index contributed by atoms with van der Waals surface area (Å²) in [5.74, 6) is -1.12. The van der Waals surface area contributed by atoms with E-state index in [1.807, 2.05) is 61.5 Å². The molecule has 0 atom stereocenters. The van der Waals surface area contributed by atoms with Gasteiger partial charge in [0.2, 0.25) is 0 Å². The Bertz CT molecular complexity index is 903. The normalized spacial score (nSPS) is 8.81. The van der Waals surface area contributed by atoms with Crippen LogP contribution in [0.4, 0.5) is 0 Å². The summed E-state index contributed by atoms with van der Waals surface area (Å²) in [5.41, 5.74) is -0.0160. The average molecular weight is 446 g/mol. The Kier molecular flexibility index (Phi) is 16.1. The van der Waals surface area contributed by atoms with Crippen molar-refractivity contribution in [2.75, 3.05) is 0 Å². The first-order valence-electron chi connectivity index (χ1n) is 9.70. The Morgan fingerprint density at radius 1 is 0.750 bits per heavy atom. The number of ether oxygens (including phenoxy) is 2. The molecular weight excluding hydrogens is 419 g/mol. The van der Waals surface area contributed by atoms with Crippen LogP contribution in [0.1, 0.15) is 37.0 Å². The number of hydrogen-bond donors (Lipinski definition) is 1. The van der Waals surface area contributed by atoms with Gasteiger partial charge in [0.1, 0.15) is 17.1 Å². The first-order chi connectivity index (χ1) is 14.9. The van der Waals surface area contributed by atoms with Gasteiger partial charge in [0.05, 0.1) is 0 Å². The van der Waals surface area contributed by atoms with E-state index in [0.29, 0.717) is 12.2 Å². The van der Waals surface area contributed by atoms with Gasteiger partial charge in [-0.05, 0) is 30.7 Å². The van der Waals surface area contributed by atoms with Crippen molar-refractivity contribution < 1.29 is 29.0 Å². The zero-order chi connectivity index (χ0) is 22.9. The average Bonchev–Trinajstić information content (AvgIpc) is 2.76. The van der Waals surface area contributed by atoms with Crippen molar-refractivity contribution in [3.8, 4) is 11.5 Å². The number of carbonyl (C=O) groups is 3. The number of carboxylic acids is 1. The number of rotatable bonds is 5. The molecule has 0 aliphatic carbocycles. The number of aromatic carboxylic acids is 1. The molecule has 0 amide bonds. The molecular formula is C25H27NaO6. The van der Waals surface area contributed by atoms with E-state index in [9.17, 15) is 14.4 Å². The van der Waals surface area contributed by atoms with Gasteiger partial charge >= 0.3 is 47.5 Å². The van der Waals surface area contributed by atoms with Gasteiger partial charge in [-0.25, -0.2) is 4.79 Å². The van der Waals surface area contributed by atoms with Crippen LogP contribution < -0.4 is 9.47 Å². The molecule has 0 saturated carbocycles. The second-order valence-electron chi connectivity index (χ2n) is 6.09. The topological polar surface area (TPSA) is 89.9 Å². The molecule has 0 aliphatic rings. The molecule has 164 valence electrons. The van der Waals surface area contributed by atoms with E-state index >= 15 is 0 Å². The molecule has 3 aromatic carbocycles. The predicted octanol–water partition coefficient (Wildman–Crippen LogP) is 4.74. The maximum absolute atomic E-state index is 11.0. The molecule has 3 rings (SSSR count). The van der Waals surface area contributed by atoms with Crippen molar-refractivity contribution in [3.05, 3.63) is 96.6 Å². The fourth-order valence-electron chi connectivity index (χ4n) is 2.15. The van der Waals surface area contributed by atoms with Crippen LogP contribution >= 0.6 is 0 Å². The smallest absolute Gasteiger partial charge is 0.0623 e. The molecule has 0 fully saturated rings. The third-order valence-corrected chi connectivity index (χ3v) is 3.47. The van der Waals surface area contributed by atoms with Crippen molar-refractivity contribution in [3.63, 3.8) is 0 Å². The van der Waals surface area contributed by atoms with Gasteiger partial charge in [-0.15, -0.1) is 0 Å². The molecule has 6 nitrogen and oxygen atoms in total. The van der Waals surface area contributed by atoms with Crippen molar-refractivity contribution in [2.24, 2.45) is 0 Å². The minimum atomic E-state index is -1.11. The van der Waals surface area contributed by atoms with E-state index < -0.39 is 11.9 Å². The molecule has 0 bridgehead atoms. The van der Waals surface area contributed by atoms with E-state index in [4.69, 9.17) is 9.84 Å². The van der Waals surface area contributed by atoms with Crippen molar-refractivity contribution in [1.82, 2.24) is 0 Å². The Morgan fingerprint density at radius 2 is 1.22 bits per heavy atom. The number of carbonyl (C=O) groups excluding carboxylic acids is 2. The molecule has 0 aliphatic heterocycles. The van der Waals surface area contributed by atoms with E-state index in [2.05, 4.69) is 4.74 Å². The summed E-state index contributed by atoms with van der Waals surface area (Å²) in [6.45, 7) is 3.17. The molecule has 0 saturated heterocycles. The minimum Gasteiger partial charge on any atom is -0.0623 e. The standard InChI is InChI=1S/C10H12O2.C9H8O4.C6H6.Na.H/c1-2-6-10(11)12-9-7-4-3-5-8-9;1-6(10)13-8-5-3-2-4-7(8)9(11)12;1-2-4-6-5-3-1;;/h3-5,7-8H,2,6H2,1H3;2-5H,1H3,(H,11,12);1-6H;;. The van der Waals surface area contributed by atoms with E-state index in [0.717, 1.165) is 6.42 Å². The van der Waals surface area contributed by atoms with Gasteiger partial charge in [-0.2, -0.15) is 0 Å². The summed E-state index contributed by atoms with van der Waals surface area (Å²) in [6.07, 6.45) is 1.31.